The molecule has 0 aliphatic carbocycles. The average Bonchev–Trinajstić information content (AvgIpc) is 2.61. The quantitative estimate of drug-likeness (QED) is 0.706. The van der Waals surface area contributed by atoms with Gasteiger partial charge in [-0.2, -0.15) is 0 Å². The number of amides is 2. The molecule has 0 spiro atoms. The van der Waals surface area contributed by atoms with Crippen molar-refractivity contribution >= 4 is 39.4 Å². The fourth-order valence-corrected chi connectivity index (χ4v) is 2.66. The molecule has 0 saturated heterocycles. The molecule has 136 valence electrons. The molecule has 7 heteroatoms. The molecule has 2 aromatic rings. The Morgan fingerprint density at radius 1 is 1.00 bits per heavy atom. The second kappa shape index (κ2) is 9.15. The number of anilines is 1. The van der Waals surface area contributed by atoms with Crippen LogP contribution in [0.1, 0.15) is 21.5 Å². The summed E-state index contributed by atoms with van der Waals surface area (Å²) in [7, 11) is 0. The number of benzene rings is 2. The Kier molecular flexibility index (Phi) is 6.91. The summed E-state index contributed by atoms with van der Waals surface area (Å²) in [6.07, 6.45) is 0. The minimum absolute atomic E-state index is 0.311. The molecule has 0 aromatic heterocycles. The SMILES string of the molecule is Cc1ccc(C(=O)NCC(=O)OCC(=O)Nc2ccc(C)cc2Br)cc1. The van der Waals surface area contributed by atoms with Crippen molar-refractivity contribution in [3.63, 3.8) is 0 Å². The van der Waals surface area contributed by atoms with Gasteiger partial charge in [-0.05, 0) is 59.6 Å². The first-order valence-corrected chi connectivity index (χ1v) is 8.71. The van der Waals surface area contributed by atoms with Crippen molar-refractivity contribution in [3.05, 3.63) is 63.6 Å². The zero-order chi connectivity index (χ0) is 19.1. The van der Waals surface area contributed by atoms with Crippen LogP contribution in [0.4, 0.5) is 5.69 Å². The monoisotopic (exact) mass is 418 g/mol. The van der Waals surface area contributed by atoms with E-state index < -0.39 is 18.5 Å². The molecule has 0 saturated carbocycles. The number of rotatable bonds is 6. The largest absolute Gasteiger partial charge is 0.454 e. The van der Waals surface area contributed by atoms with Gasteiger partial charge in [0.1, 0.15) is 6.54 Å². The van der Waals surface area contributed by atoms with Gasteiger partial charge in [-0.3, -0.25) is 14.4 Å². The van der Waals surface area contributed by atoms with Gasteiger partial charge in [0.05, 0.1) is 5.69 Å². The van der Waals surface area contributed by atoms with Gasteiger partial charge in [0, 0.05) is 10.0 Å². The summed E-state index contributed by atoms with van der Waals surface area (Å²) in [6, 6.07) is 12.4. The van der Waals surface area contributed by atoms with E-state index in [1.54, 1.807) is 30.3 Å². The Morgan fingerprint density at radius 3 is 2.31 bits per heavy atom. The molecule has 0 fully saturated rings. The maximum absolute atomic E-state index is 11.9. The van der Waals surface area contributed by atoms with Gasteiger partial charge in [-0.25, -0.2) is 0 Å². The van der Waals surface area contributed by atoms with Crippen molar-refractivity contribution in [3.8, 4) is 0 Å². The summed E-state index contributed by atoms with van der Waals surface area (Å²) in [5.41, 5.74) is 3.12. The first kappa shape index (κ1) is 19.7. The molecule has 2 amide bonds. The maximum Gasteiger partial charge on any atom is 0.325 e. The molecule has 0 heterocycles. The molecular formula is C19H19BrN2O4. The normalized spacial score (nSPS) is 10.1. The zero-order valence-corrected chi connectivity index (χ0v) is 16.1. The molecule has 2 rings (SSSR count). The number of nitrogens with one attached hydrogen (secondary N) is 2. The number of ether oxygens (including phenoxy) is 1. The zero-order valence-electron chi connectivity index (χ0n) is 14.5. The van der Waals surface area contributed by atoms with E-state index in [0.717, 1.165) is 15.6 Å². The first-order valence-electron chi connectivity index (χ1n) is 7.91. The lowest BCUT2D eigenvalue weighted by atomic mass is 10.1. The Labute approximate surface area is 160 Å². The van der Waals surface area contributed by atoms with Gasteiger partial charge in [0.15, 0.2) is 6.61 Å². The second-order valence-corrected chi connectivity index (χ2v) is 6.60. The number of carbonyl (C=O) groups is 3. The maximum atomic E-state index is 11.9. The van der Waals surface area contributed by atoms with Gasteiger partial charge in [-0.15, -0.1) is 0 Å². The van der Waals surface area contributed by atoms with E-state index in [1.807, 2.05) is 26.0 Å². The number of esters is 1. The average molecular weight is 419 g/mol. The lowest BCUT2D eigenvalue weighted by Crippen LogP contribution is -2.32. The lowest BCUT2D eigenvalue weighted by Gasteiger charge is -2.09. The van der Waals surface area contributed by atoms with E-state index in [2.05, 4.69) is 26.6 Å². The number of hydrogen-bond acceptors (Lipinski definition) is 4. The van der Waals surface area contributed by atoms with Crippen LogP contribution in [0.5, 0.6) is 0 Å². The van der Waals surface area contributed by atoms with Crippen molar-refractivity contribution in [1.29, 1.82) is 0 Å². The predicted octanol–water partition coefficient (Wildman–Crippen LogP) is 2.98. The summed E-state index contributed by atoms with van der Waals surface area (Å²) in [5, 5.41) is 5.09. The molecule has 2 N–H and O–H groups in total. The van der Waals surface area contributed by atoms with Gasteiger partial charge < -0.3 is 15.4 Å². The Hall–Kier alpha value is -2.67. The molecule has 2 aromatic carbocycles. The fourth-order valence-electron chi connectivity index (χ4n) is 2.06. The van der Waals surface area contributed by atoms with E-state index >= 15 is 0 Å². The van der Waals surface area contributed by atoms with Crippen LogP contribution in [0.3, 0.4) is 0 Å². The minimum atomic E-state index is -0.691. The van der Waals surface area contributed by atoms with Crippen LogP contribution in [-0.2, 0) is 14.3 Å². The van der Waals surface area contributed by atoms with Gasteiger partial charge >= 0.3 is 5.97 Å². The Morgan fingerprint density at radius 2 is 1.65 bits per heavy atom. The van der Waals surface area contributed by atoms with Gasteiger partial charge in [-0.1, -0.05) is 23.8 Å². The standard InChI is InChI=1S/C19H19BrN2O4/c1-12-3-6-14(7-4-12)19(25)21-10-18(24)26-11-17(23)22-16-8-5-13(2)9-15(16)20/h3-9H,10-11H2,1-2H3,(H,21,25)(H,22,23). The fraction of sp³-hybridized carbons (Fsp3) is 0.211. The highest BCUT2D eigenvalue weighted by Crippen LogP contribution is 2.23. The summed E-state index contributed by atoms with van der Waals surface area (Å²) in [6.45, 7) is 3.11. The van der Waals surface area contributed by atoms with Crippen molar-refractivity contribution in [2.75, 3.05) is 18.5 Å². The molecule has 0 atom stereocenters. The molecular weight excluding hydrogens is 400 g/mol. The van der Waals surface area contributed by atoms with Crippen LogP contribution in [0.2, 0.25) is 0 Å². The number of carbonyl (C=O) groups excluding carboxylic acids is 3. The van der Waals surface area contributed by atoms with E-state index in [0.29, 0.717) is 11.3 Å². The molecule has 6 nitrogen and oxygen atoms in total. The van der Waals surface area contributed by atoms with E-state index in [-0.39, 0.29) is 12.5 Å². The summed E-state index contributed by atoms with van der Waals surface area (Å²) in [4.78, 5) is 35.4. The third-order valence-corrected chi connectivity index (χ3v) is 4.13. The predicted molar refractivity (Wildman–Crippen MR) is 102 cm³/mol. The summed E-state index contributed by atoms with van der Waals surface area (Å²) in [5.74, 6) is -1.54. The van der Waals surface area contributed by atoms with Crippen LogP contribution >= 0.6 is 15.9 Å². The third-order valence-electron chi connectivity index (χ3n) is 3.47. The first-order chi connectivity index (χ1) is 12.3. The van der Waals surface area contributed by atoms with Crippen molar-refractivity contribution < 1.29 is 19.1 Å². The van der Waals surface area contributed by atoms with Crippen LogP contribution < -0.4 is 10.6 Å². The highest BCUT2D eigenvalue weighted by molar-refractivity contribution is 9.10. The van der Waals surface area contributed by atoms with Crippen LogP contribution in [0.15, 0.2) is 46.9 Å². The smallest absolute Gasteiger partial charge is 0.325 e. The van der Waals surface area contributed by atoms with E-state index in [1.165, 1.54) is 0 Å². The molecule has 0 unspecified atom stereocenters. The minimum Gasteiger partial charge on any atom is -0.454 e. The highest BCUT2D eigenvalue weighted by Gasteiger charge is 2.11. The molecule has 0 bridgehead atoms. The van der Waals surface area contributed by atoms with Gasteiger partial charge in [0.2, 0.25) is 0 Å². The number of aryl methyl sites for hydroxylation is 2. The van der Waals surface area contributed by atoms with Crippen LogP contribution in [0.25, 0.3) is 0 Å². The van der Waals surface area contributed by atoms with Crippen LogP contribution in [-0.4, -0.2) is 30.9 Å². The van der Waals surface area contributed by atoms with Gasteiger partial charge in [0.25, 0.3) is 11.8 Å². The summed E-state index contributed by atoms with van der Waals surface area (Å²) < 4.78 is 5.60. The summed E-state index contributed by atoms with van der Waals surface area (Å²) >= 11 is 3.35. The lowest BCUT2D eigenvalue weighted by molar-refractivity contribution is -0.146. The Bertz CT molecular complexity index is 819. The highest BCUT2D eigenvalue weighted by atomic mass is 79.9. The number of halogens is 1. The topological polar surface area (TPSA) is 84.5 Å². The van der Waals surface area contributed by atoms with E-state index in [9.17, 15) is 14.4 Å². The number of hydrogen-bond donors (Lipinski definition) is 2. The second-order valence-electron chi connectivity index (χ2n) is 5.74. The van der Waals surface area contributed by atoms with Crippen molar-refractivity contribution in [2.45, 2.75) is 13.8 Å². The van der Waals surface area contributed by atoms with Crippen LogP contribution in [0, 0.1) is 13.8 Å². The third kappa shape index (κ3) is 6.00. The molecule has 0 aliphatic heterocycles. The molecule has 26 heavy (non-hydrogen) atoms. The Balaban J connectivity index is 1.74. The molecule has 0 aliphatic rings. The van der Waals surface area contributed by atoms with Crippen molar-refractivity contribution in [2.24, 2.45) is 0 Å². The van der Waals surface area contributed by atoms with E-state index in [4.69, 9.17) is 4.74 Å². The van der Waals surface area contributed by atoms with Crippen molar-refractivity contribution in [1.82, 2.24) is 5.32 Å². The molecule has 0 radical (unpaired) electrons.